The lowest BCUT2D eigenvalue weighted by Gasteiger charge is -2.28. The summed E-state index contributed by atoms with van der Waals surface area (Å²) < 4.78 is 0. The van der Waals surface area contributed by atoms with Gasteiger partial charge < -0.3 is 10.2 Å². The van der Waals surface area contributed by atoms with Crippen molar-refractivity contribution in [3.8, 4) is 11.5 Å². The van der Waals surface area contributed by atoms with Crippen molar-refractivity contribution in [2.45, 2.75) is 13.1 Å². The van der Waals surface area contributed by atoms with Crippen LogP contribution in [0.3, 0.4) is 0 Å². The third kappa shape index (κ3) is 3.80. The molecular weight excluding hydrogens is 274 g/mol. The van der Waals surface area contributed by atoms with Crippen molar-refractivity contribution < 1.29 is 10.2 Å². The van der Waals surface area contributed by atoms with E-state index in [-0.39, 0.29) is 11.5 Å². The molecule has 1 aliphatic rings. The van der Waals surface area contributed by atoms with Gasteiger partial charge >= 0.3 is 0 Å². The van der Waals surface area contributed by atoms with Gasteiger partial charge in [0, 0.05) is 19.1 Å². The molecule has 0 unspecified atom stereocenters. The summed E-state index contributed by atoms with van der Waals surface area (Å²) in [5, 5.41) is 18.8. The third-order valence-corrected chi connectivity index (χ3v) is 3.63. The van der Waals surface area contributed by atoms with Crippen molar-refractivity contribution >= 4 is 0 Å². The molecule has 0 atom stereocenters. The molecule has 0 amide bonds. The van der Waals surface area contributed by atoms with E-state index in [1.165, 1.54) is 0 Å². The van der Waals surface area contributed by atoms with E-state index in [1.54, 1.807) is 24.3 Å². The lowest BCUT2D eigenvalue weighted by Crippen LogP contribution is -2.26. The number of hydrogen-bond acceptors (Lipinski definition) is 3. The Bertz CT molecular complexity index is 538. The van der Waals surface area contributed by atoms with E-state index < -0.39 is 0 Å². The molecule has 1 fully saturated rings. The van der Waals surface area contributed by atoms with Gasteiger partial charge in [0.15, 0.2) is 0 Å². The van der Waals surface area contributed by atoms with E-state index in [0.717, 1.165) is 30.3 Å². The summed E-state index contributed by atoms with van der Waals surface area (Å²) in [6.45, 7) is 1.51. The van der Waals surface area contributed by atoms with E-state index in [2.05, 4.69) is 17.7 Å². The number of hydrogen-bond donors (Lipinski definition) is 2. The van der Waals surface area contributed by atoms with Crippen molar-refractivity contribution in [1.29, 1.82) is 0 Å². The molecule has 2 aromatic rings. The predicted octanol–water partition coefficient (Wildman–Crippen LogP) is 3.46. The van der Waals surface area contributed by atoms with Gasteiger partial charge in [-0.2, -0.15) is 0 Å². The first-order valence-corrected chi connectivity index (χ1v) is 7.23. The van der Waals surface area contributed by atoms with Crippen LogP contribution in [0.15, 0.2) is 48.5 Å². The standard InChI is InChI=1S/C19H18NO2/c21-18-9-5-15(6-10-18)13-20(17-3-1-2-4-17)14-16-7-11-19(22)12-8-16/h1-12,21-22H,13-14H2. The molecule has 0 saturated heterocycles. The second-order valence-electron chi connectivity index (χ2n) is 5.33. The van der Waals surface area contributed by atoms with Gasteiger partial charge in [0.2, 0.25) is 0 Å². The molecule has 0 bridgehead atoms. The molecule has 5 radical (unpaired) electrons. The molecule has 3 nitrogen and oxygen atoms in total. The number of phenolic OH excluding ortho intramolecular Hbond substituents is 2. The molecule has 0 spiro atoms. The van der Waals surface area contributed by atoms with Gasteiger partial charge in [0.25, 0.3) is 0 Å². The molecule has 2 N–H and O–H groups in total. The molecule has 3 rings (SSSR count). The third-order valence-electron chi connectivity index (χ3n) is 3.63. The fourth-order valence-electron chi connectivity index (χ4n) is 2.46. The van der Waals surface area contributed by atoms with Crippen LogP contribution < -0.4 is 0 Å². The largest absolute Gasteiger partial charge is 0.508 e. The van der Waals surface area contributed by atoms with Crippen LogP contribution in [0.5, 0.6) is 11.5 Å². The lowest BCUT2D eigenvalue weighted by atomic mass is 10.1. The highest BCUT2D eigenvalue weighted by molar-refractivity contribution is 5.36. The van der Waals surface area contributed by atoms with Crippen LogP contribution in [0.4, 0.5) is 0 Å². The van der Waals surface area contributed by atoms with Crippen LogP contribution in [0.25, 0.3) is 0 Å². The maximum Gasteiger partial charge on any atom is 0.115 e. The van der Waals surface area contributed by atoms with Gasteiger partial charge in [-0.25, -0.2) is 0 Å². The van der Waals surface area contributed by atoms with Gasteiger partial charge in [-0.05, 0) is 61.1 Å². The van der Waals surface area contributed by atoms with Gasteiger partial charge in [-0.3, -0.25) is 4.90 Å². The Morgan fingerprint density at radius 1 is 0.636 bits per heavy atom. The van der Waals surface area contributed by atoms with Crippen molar-refractivity contribution in [2.75, 3.05) is 0 Å². The van der Waals surface area contributed by atoms with Crippen molar-refractivity contribution in [2.24, 2.45) is 0 Å². The first-order valence-electron chi connectivity index (χ1n) is 7.23. The summed E-state index contributed by atoms with van der Waals surface area (Å²) >= 11 is 0. The van der Waals surface area contributed by atoms with Gasteiger partial charge in [0.05, 0.1) is 0 Å². The predicted molar refractivity (Wildman–Crippen MR) is 85.9 cm³/mol. The van der Waals surface area contributed by atoms with E-state index in [1.807, 2.05) is 37.1 Å². The number of rotatable bonds is 5. The van der Waals surface area contributed by atoms with Gasteiger partial charge in [-0.15, -0.1) is 0 Å². The van der Waals surface area contributed by atoms with Crippen LogP contribution in [-0.4, -0.2) is 15.1 Å². The summed E-state index contributed by atoms with van der Waals surface area (Å²) in [6, 6.07) is 15.7. The van der Waals surface area contributed by atoms with Crippen LogP contribution in [0.1, 0.15) is 11.1 Å². The molecule has 1 aliphatic carbocycles. The van der Waals surface area contributed by atoms with Crippen molar-refractivity contribution in [1.82, 2.24) is 4.90 Å². The molecule has 0 heterocycles. The summed E-state index contributed by atoms with van der Waals surface area (Å²) in [5.41, 5.74) is 2.27. The Hall–Kier alpha value is -2.00. The lowest BCUT2D eigenvalue weighted by molar-refractivity contribution is 0.294. The zero-order chi connectivity index (χ0) is 15.4. The van der Waals surface area contributed by atoms with Gasteiger partial charge in [0.1, 0.15) is 11.5 Å². The molecule has 2 aromatic carbocycles. The Kier molecular flexibility index (Phi) is 4.64. The van der Waals surface area contributed by atoms with E-state index >= 15 is 0 Å². The Labute approximate surface area is 131 Å². The Morgan fingerprint density at radius 2 is 1.05 bits per heavy atom. The Balaban J connectivity index is 1.74. The maximum atomic E-state index is 9.40. The summed E-state index contributed by atoms with van der Waals surface area (Å²) in [7, 11) is 0. The number of nitrogens with zero attached hydrogens (tertiary/aromatic N) is 1. The van der Waals surface area contributed by atoms with Gasteiger partial charge in [-0.1, -0.05) is 24.3 Å². The monoisotopic (exact) mass is 292 g/mol. The molecular formula is C19H18NO2. The van der Waals surface area contributed by atoms with Crippen LogP contribution in [-0.2, 0) is 13.1 Å². The van der Waals surface area contributed by atoms with E-state index in [9.17, 15) is 10.2 Å². The SMILES string of the molecule is Oc1ccc(CN(Cc2ccc(O)cc2)[C]2[CH][CH][CH][CH]2)cc1. The molecule has 1 saturated carbocycles. The first-order chi connectivity index (χ1) is 10.7. The second-order valence-corrected chi connectivity index (χ2v) is 5.33. The van der Waals surface area contributed by atoms with Crippen molar-refractivity contribution in [3.05, 3.63) is 91.4 Å². The average Bonchev–Trinajstić information content (AvgIpc) is 3.05. The highest BCUT2D eigenvalue weighted by Crippen LogP contribution is 2.30. The Morgan fingerprint density at radius 3 is 1.45 bits per heavy atom. The highest BCUT2D eigenvalue weighted by Gasteiger charge is 2.24. The molecule has 0 aliphatic heterocycles. The van der Waals surface area contributed by atoms with E-state index in [4.69, 9.17) is 0 Å². The molecule has 111 valence electrons. The number of benzene rings is 2. The van der Waals surface area contributed by atoms with Crippen LogP contribution in [0.2, 0.25) is 0 Å². The molecule has 22 heavy (non-hydrogen) atoms. The summed E-state index contributed by atoms with van der Waals surface area (Å²) in [6.07, 6.45) is 8.22. The van der Waals surface area contributed by atoms with Crippen LogP contribution >= 0.6 is 0 Å². The smallest absolute Gasteiger partial charge is 0.115 e. The second kappa shape index (κ2) is 6.84. The topological polar surface area (TPSA) is 43.7 Å². The fourth-order valence-corrected chi connectivity index (χ4v) is 2.46. The summed E-state index contributed by atoms with van der Waals surface area (Å²) in [4.78, 5) is 2.26. The highest BCUT2D eigenvalue weighted by atomic mass is 16.3. The minimum atomic E-state index is 0.280. The van der Waals surface area contributed by atoms with Crippen LogP contribution in [0, 0.1) is 31.7 Å². The average molecular weight is 292 g/mol. The number of phenols is 2. The first kappa shape index (κ1) is 14.9. The quantitative estimate of drug-likeness (QED) is 0.887. The van der Waals surface area contributed by atoms with Crippen molar-refractivity contribution in [3.63, 3.8) is 0 Å². The summed E-state index contributed by atoms with van der Waals surface area (Å²) in [5.74, 6) is 0.560. The zero-order valence-corrected chi connectivity index (χ0v) is 12.2. The minimum Gasteiger partial charge on any atom is -0.508 e. The maximum absolute atomic E-state index is 9.40. The normalized spacial score (nSPS) is 15.5. The minimum absolute atomic E-state index is 0.280. The zero-order valence-electron chi connectivity index (χ0n) is 12.2. The molecule has 3 heteroatoms. The number of aromatic hydroxyl groups is 2. The molecule has 0 aromatic heterocycles. The van der Waals surface area contributed by atoms with E-state index in [0.29, 0.717) is 0 Å². The fraction of sp³-hybridized carbons (Fsp3) is 0.105.